The summed E-state index contributed by atoms with van der Waals surface area (Å²) in [5.41, 5.74) is -0.0163. The molecule has 0 aliphatic carbocycles. The molecule has 0 amide bonds. The van der Waals surface area contributed by atoms with E-state index in [9.17, 15) is 13.2 Å². The number of carboxylic acid groups (broad SMARTS) is 1. The highest BCUT2D eigenvalue weighted by atomic mass is 32.2. The maximum absolute atomic E-state index is 12.8. The van der Waals surface area contributed by atoms with Crippen molar-refractivity contribution in [1.82, 2.24) is 9.62 Å². The predicted molar refractivity (Wildman–Crippen MR) is 78.9 cm³/mol. The van der Waals surface area contributed by atoms with Gasteiger partial charge in [-0.25, -0.2) is 13.2 Å². The molecule has 1 saturated heterocycles. The van der Waals surface area contributed by atoms with E-state index in [4.69, 9.17) is 5.11 Å². The molecule has 0 aromatic heterocycles. The maximum atomic E-state index is 12.8. The van der Waals surface area contributed by atoms with Crippen LogP contribution in [-0.4, -0.2) is 49.5 Å². The fourth-order valence-electron chi connectivity index (χ4n) is 2.64. The molecule has 1 aromatic carbocycles. The minimum absolute atomic E-state index is 0.0163. The average molecular weight is 312 g/mol. The Bertz CT molecular complexity index is 609. The molecule has 0 radical (unpaired) electrons. The van der Waals surface area contributed by atoms with Gasteiger partial charge in [0.25, 0.3) is 0 Å². The molecule has 1 aromatic rings. The third kappa shape index (κ3) is 3.42. The number of benzene rings is 1. The van der Waals surface area contributed by atoms with Crippen LogP contribution < -0.4 is 5.32 Å². The van der Waals surface area contributed by atoms with E-state index in [1.807, 2.05) is 0 Å². The second-order valence-corrected chi connectivity index (χ2v) is 6.91. The molecule has 2 N–H and O–H groups in total. The summed E-state index contributed by atoms with van der Waals surface area (Å²) in [6.45, 7) is 3.78. The van der Waals surface area contributed by atoms with E-state index < -0.39 is 16.0 Å². The van der Waals surface area contributed by atoms with Gasteiger partial charge < -0.3 is 10.4 Å². The predicted octanol–water partition coefficient (Wildman–Crippen LogP) is 1.15. The first-order valence-electron chi connectivity index (χ1n) is 7.02. The number of rotatable bonds is 5. The van der Waals surface area contributed by atoms with E-state index in [1.165, 1.54) is 28.6 Å². The lowest BCUT2D eigenvalue weighted by Gasteiger charge is -2.33. The van der Waals surface area contributed by atoms with E-state index in [2.05, 4.69) is 5.32 Å². The second kappa shape index (κ2) is 6.55. The van der Waals surface area contributed by atoms with Crippen LogP contribution in [0.3, 0.4) is 0 Å². The van der Waals surface area contributed by atoms with Gasteiger partial charge in [0, 0.05) is 12.6 Å². The molecule has 0 saturated carbocycles. The lowest BCUT2D eigenvalue weighted by atomic mass is 10.1. The van der Waals surface area contributed by atoms with Crippen molar-refractivity contribution in [3.8, 4) is 0 Å². The van der Waals surface area contributed by atoms with Gasteiger partial charge in [0.05, 0.1) is 10.5 Å². The Morgan fingerprint density at radius 3 is 2.62 bits per heavy atom. The molecule has 7 heteroatoms. The summed E-state index contributed by atoms with van der Waals surface area (Å²) >= 11 is 0. The average Bonchev–Trinajstić information content (AvgIpc) is 2.49. The van der Waals surface area contributed by atoms with E-state index in [0.717, 1.165) is 25.9 Å². The summed E-state index contributed by atoms with van der Waals surface area (Å²) < 4.78 is 27.0. The number of carboxylic acids is 1. The van der Waals surface area contributed by atoms with Crippen molar-refractivity contribution >= 4 is 16.0 Å². The van der Waals surface area contributed by atoms with Gasteiger partial charge in [-0.3, -0.25) is 0 Å². The van der Waals surface area contributed by atoms with Crippen LogP contribution >= 0.6 is 0 Å². The highest BCUT2D eigenvalue weighted by Crippen LogP contribution is 2.23. The van der Waals surface area contributed by atoms with Gasteiger partial charge in [-0.1, -0.05) is 13.0 Å². The smallest absolute Gasteiger partial charge is 0.335 e. The molecule has 2 rings (SSSR count). The van der Waals surface area contributed by atoms with Crippen LogP contribution in [0.15, 0.2) is 29.2 Å². The van der Waals surface area contributed by atoms with Crippen LogP contribution in [0.5, 0.6) is 0 Å². The first-order chi connectivity index (χ1) is 9.96. The summed E-state index contributed by atoms with van der Waals surface area (Å²) in [5, 5.41) is 12.2. The summed E-state index contributed by atoms with van der Waals surface area (Å²) in [6, 6.07) is 5.50. The van der Waals surface area contributed by atoms with Crippen LogP contribution in [0.4, 0.5) is 0 Å². The molecule has 116 valence electrons. The molecule has 1 fully saturated rings. The Labute approximate surface area is 124 Å². The van der Waals surface area contributed by atoms with Gasteiger partial charge in [-0.15, -0.1) is 0 Å². The normalized spacial score (nSPS) is 17.0. The Morgan fingerprint density at radius 1 is 1.38 bits per heavy atom. The fourth-order valence-corrected chi connectivity index (χ4v) is 4.38. The molecule has 1 aliphatic heterocycles. The number of piperidine rings is 1. The van der Waals surface area contributed by atoms with Crippen molar-refractivity contribution in [2.75, 3.05) is 19.6 Å². The number of carbonyl (C=O) groups is 1. The number of sulfonamides is 1. The molecule has 6 nitrogen and oxygen atoms in total. The van der Waals surface area contributed by atoms with E-state index in [1.54, 1.807) is 6.92 Å². The lowest BCUT2D eigenvalue weighted by molar-refractivity contribution is 0.0696. The van der Waals surface area contributed by atoms with Crippen molar-refractivity contribution in [2.45, 2.75) is 30.7 Å². The first-order valence-corrected chi connectivity index (χ1v) is 8.46. The van der Waals surface area contributed by atoms with E-state index >= 15 is 0 Å². The van der Waals surface area contributed by atoms with Crippen LogP contribution in [0.1, 0.15) is 30.1 Å². The summed E-state index contributed by atoms with van der Waals surface area (Å²) in [4.78, 5) is 11.0. The maximum Gasteiger partial charge on any atom is 0.335 e. The van der Waals surface area contributed by atoms with Gasteiger partial charge in [0.2, 0.25) is 10.0 Å². The second-order valence-electron chi connectivity index (χ2n) is 5.02. The molecular formula is C14H20N2O4S. The van der Waals surface area contributed by atoms with Crippen molar-refractivity contribution in [3.05, 3.63) is 29.8 Å². The topological polar surface area (TPSA) is 86.7 Å². The standard InChI is InChI=1S/C14H20N2O4S/c1-2-16(12-6-8-15-9-7-12)21(19,20)13-5-3-4-11(10-13)14(17)18/h3-5,10,12,15H,2,6-9H2,1H3,(H,17,18). The minimum Gasteiger partial charge on any atom is -0.478 e. The van der Waals surface area contributed by atoms with Crippen LogP contribution in [0.2, 0.25) is 0 Å². The van der Waals surface area contributed by atoms with Crippen molar-refractivity contribution < 1.29 is 18.3 Å². The zero-order chi connectivity index (χ0) is 15.5. The van der Waals surface area contributed by atoms with Crippen molar-refractivity contribution in [3.63, 3.8) is 0 Å². The molecule has 0 atom stereocenters. The zero-order valence-corrected chi connectivity index (χ0v) is 12.8. The molecule has 1 heterocycles. The van der Waals surface area contributed by atoms with Crippen LogP contribution in [0.25, 0.3) is 0 Å². The molecule has 1 aliphatic rings. The van der Waals surface area contributed by atoms with E-state index in [0.29, 0.717) is 6.54 Å². The number of nitrogens with one attached hydrogen (secondary N) is 1. The number of aromatic carboxylic acids is 1. The Balaban J connectivity index is 2.34. The van der Waals surface area contributed by atoms with Gasteiger partial charge >= 0.3 is 5.97 Å². The molecule has 0 spiro atoms. The Kier molecular flexibility index (Phi) is 4.97. The number of hydrogen-bond acceptors (Lipinski definition) is 4. The first kappa shape index (κ1) is 15.9. The highest BCUT2D eigenvalue weighted by molar-refractivity contribution is 7.89. The number of hydrogen-bond donors (Lipinski definition) is 2. The van der Waals surface area contributed by atoms with Gasteiger partial charge in [0.15, 0.2) is 0 Å². The lowest BCUT2D eigenvalue weighted by Crippen LogP contribution is -2.45. The molecular weight excluding hydrogens is 292 g/mol. The van der Waals surface area contributed by atoms with Gasteiger partial charge in [0.1, 0.15) is 0 Å². The van der Waals surface area contributed by atoms with Crippen LogP contribution in [0, 0.1) is 0 Å². The highest BCUT2D eigenvalue weighted by Gasteiger charge is 2.31. The quantitative estimate of drug-likeness (QED) is 0.851. The van der Waals surface area contributed by atoms with Crippen molar-refractivity contribution in [2.24, 2.45) is 0 Å². The van der Waals surface area contributed by atoms with Crippen LogP contribution in [-0.2, 0) is 10.0 Å². The third-order valence-corrected chi connectivity index (χ3v) is 5.74. The zero-order valence-electron chi connectivity index (χ0n) is 11.9. The summed E-state index contributed by atoms with van der Waals surface area (Å²) in [6.07, 6.45) is 1.54. The molecule has 0 bridgehead atoms. The minimum atomic E-state index is -3.66. The SMILES string of the molecule is CCN(C1CCNCC1)S(=O)(=O)c1cccc(C(=O)O)c1. The molecule has 0 unspecified atom stereocenters. The fraction of sp³-hybridized carbons (Fsp3) is 0.500. The van der Waals surface area contributed by atoms with Crippen molar-refractivity contribution in [1.29, 1.82) is 0 Å². The van der Waals surface area contributed by atoms with Gasteiger partial charge in [-0.05, 0) is 44.1 Å². The van der Waals surface area contributed by atoms with E-state index in [-0.39, 0.29) is 16.5 Å². The Hall–Kier alpha value is -1.44. The summed E-state index contributed by atoms with van der Waals surface area (Å²) in [7, 11) is -3.66. The Morgan fingerprint density at radius 2 is 2.05 bits per heavy atom. The number of nitrogens with zero attached hydrogens (tertiary/aromatic N) is 1. The third-order valence-electron chi connectivity index (χ3n) is 3.72. The summed E-state index contributed by atoms with van der Waals surface area (Å²) in [5.74, 6) is -1.13. The molecule has 21 heavy (non-hydrogen) atoms. The largest absolute Gasteiger partial charge is 0.478 e. The monoisotopic (exact) mass is 312 g/mol. The van der Waals surface area contributed by atoms with Gasteiger partial charge in [-0.2, -0.15) is 4.31 Å².